The van der Waals surface area contributed by atoms with Crippen LogP contribution in [0.3, 0.4) is 0 Å². The van der Waals surface area contributed by atoms with Crippen LogP contribution >= 0.6 is 0 Å². The smallest absolute Gasteiger partial charge is 0.416 e. The van der Waals surface area contributed by atoms with E-state index in [0.29, 0.717) is 12.1 Å². The van der Waals surface area contributed by atoms with Crippen LogP contribution in [0.2, 0.25) is 0 Å². The molecule has 0 bridgehead atoms. The summed E-state index contributed by atoms with van der Waals surface area (Å²) in [6, 6.07) is 0.998. The number of hydrogen-bond acceptors (Lipinski definition) is 3. The van der Waals surface area contributed by atoms with Crippen LogP contribution in [0.5, 0.6) is 5.75 Å². The fourth-order valence-corrected chi connectivity index (χ4v) is 1.39. The summed E-state index contributed by atoms with van der Waals surface area (Å²) in [5.74, 6) is -0.551. The summed E-state index contributed by atoms with van der Waals surface area (Å²) in [6.07, 6.45) is -9.82. The molecule has 3 nitrogen and oxygen atoms in total. The summed E-state index contributed by atoms with van der Waals surface area (Å²) in [5.41, 5.74) is -2.88. The lowest BCUT2D eigenvalue weighted by Crippen LogP contribution is -2.13. The number of hydrogen-bond donors (Lipinski definition) is 1. The van der Waals surface area contributed by atoms with E-state index >= 15 is 0 Å². The molecule has 0 aliphatic heterocycles. The SMILES string of the molecule is OCCOCCOc1cc(C(F)(F)F)cc(C(F)(F)F)c1. The third kappa shape index (κ3) is 5.80. The summed E-state index contributed by atoms with van der Waals surface area (Å²) < 4.78 is 84.9. The number of ether oxygens (including phenoxy) is 2. The van der Waals surface area contributed by atoms with Crippen molar-refractivity contribution in [1.82, 2.24) is 0 Å². The van der Waals surface area contributed by atoms with Crippen molar-refractivity contribution in [3.8, 4) is 5.75 Å². The Balaban J connectivity index is 2.88. The molecule has 0 unspecified atom stereocenters. The zero-order valence-electron chi connectivity index (χ0n) is 10.6. The lowest BCUT2D eigenvalue weighted by Gasteiger charge is -2.14. The van der Waals surface area contributed by atoms with Gasteiger partial charge < -0.3 is 14.6 Å². The number of rotatable bonds is 6. The maximum absolute atomic E-state index is 12.5. The second-order valence-electron chi connectivity index (χ2n) is 3.93. The normalized spacial score (nSPS) is 12.5. The van der Waals surface area contributed by atoms with Gasteiger partial charge in [-0.15, -0.1) is 0 Å². The third-order valence-electron chi connectivity index (χ3n) is 2.29. The van der Waals surface area contributed by atoms with Crippen molar-refractivity contribution < 1.29 is 40.9 Å². The van der Waals surface area contributed by atoms with Crippen LogP contribution in [-0.4, -0.2) is 31.5 Å². The molecule has 0 saturated carbocycles. The fraction of sp³-hybridized carbons (Fsp3) is 0.500. The van der Waals surface area contributed by atoms with Crippen LogP contribution in [0.1, 0.15) is 11.1 Å². The lowest BCUT2D eigenvalue weighted by molar-refractivity contribution is -0.143. The van der Waals surface area contributed by atoms with Crippen LogP contribution in [0.15, 0.2) is 18.2 Å². The van der Waals surface area contributed by atoms with Gasteiger partial charge in [-0.3, -0.25) is 0 Å². The molecule has 1 N–H and O–H groups in total. The molecule has 9 heteroatoms. The van der Waals surface area contributed by atoms with E-state index < -0.39 is 29.2 Å². The zero-order valence-corrected chi connectivity index (χ0v) is 10.6. The van der Waals surface area contributed by atoms with E-state index in [-0.39, 0.29) is 32.5 Å². The van der Waals surface area contributed by atoms with E-state index in [2.05, 4.69) is 0 Å². The molecule has 1 aromatic carbocycles. The second-order valence-corrected chi connectivity index (χ2v) is 3.93. The van der Waals surface area contributed by atoms with Gasteiger partial charge in [0.15, 0.2) is 0 Å². The van der Waals surface area contributed by atoms with Crippen molar-refractivity contribution in [2.24, 2.45) is 0 Å². The average Bonchev–Trinajstić information content (AvgIpc) is 2.36. The van der Waals surface area contributed by atoms with Gasteiger partial charge in [0.05, 0.1) is 30.9 Å². The van der Waals surface area contributed by atoms with Crippen molar-refractivity contribution in [2.45, 2.75) is 12.4 Å². The van der Waals surface area contributed by atoms with Gasteiger partial charge in [-0.25, -0.2) is 0 Å². The van der Waals surface area contributed by atoms with Gasteiger partial charge in [-0.1, -0.05) is 0 Å². The summed E-state index contributed by atoms with van der Waals surface area (Å²) in [7, 11) is 0. The minimum Gasteiger partial charge on any atom is -0.491 e. The van der Waals surface area contributed by atoms with Crippen molar-refractivity contribution in [3.63, 3.8) is 0 Å². The van der Waals surface area contributed by atoms with Gasteiger partial charge >= 0.3 is 12.4 Å². The number of aliphatic hydroxyl groups is 1. The third-order valence-corrected chi connectivity index (χ3v) is 2.29. The Morgan fingerprint density at radius 3 is 1.76 bits per heavy atom. The molecule has 120 valence electrons. The molecule has 0 spiro atoms. The molecule has 1 rings (SSSR count). The molecule has 0 radical (unpaired) electrons. The first-order chi connectivity index (χ1) is 9.64. The Morgan fingerprint density at radius 2 is 1.33 bits per heavy atom. The van der Waals surface area contributed by atoms with E-state index in [4.69, 9.17) is 14.6 Å². The summed E-state index contributed by atoms with van der Waals surface area (Å²) in [4.78, 5) is 0. The van der Waals surface area contributed by atoms with Crippen molar-refractivity contribution in [2.75, 3.05) is 26.4 Å². The summed E-state index contributed by atoms with van der Waals surface area (Å²) in [6.45, 7) is -0.557. The Kier molecular flexibility index (Phi) is 5.85. The first-order valence-corrected chi connectivity index (χ1v) is 5.75. The van der Waals surface area contributed by atoms with Crippen molar-refractivity contribution in [3.05, 3.63) is 29.3 Å². The van der Waals surface area contributed by atoms with Gasteiger partial charge in [0, 0.05) is 0 Å². The highest BCUT2D eigenvalue weighted by Gasteiger charge is 2.37. The van der Waals surface area contributed by atoms with Crippen LogP contribution in [0, 0.1) is 0 Å². The Labute approximate surface area is 116 Å². The van der Waals surface area contributed by atoms with Gasteiger partial charge in [0.1, 0.15) is 12.4 Å². The Bertz CT molecular complexity index is 423. The molecule has 0 aromatic heterocycles. The van der Waals surface area contributed by atoms with Crippen LogP contribution in [-0.2, 0) is 17.1 Å². The standard InChI is InChI=1S/C12H12F6O3/c13-11(14,15)8-5-9(12(16,17)18)7-10(6-8)21-4-3-20-2-1-19/h5-7,19H,1-4H2. The summed E-state index contributed by atoms with van der Waals surface area (Å²) >= 11 is 0. The molecule has 0 heterocycles. The highest BCUT2D eigenvalue weighted by molar-refractivity contribution is 5.37. The molecule has 0 amide bonds. The van der Waals surface area contributed by atoms with Crippen LogP contribution in [0.4, 0.5) is 26.3 Å². The van der Waals surface area contributed by atoms with Crippen molar-refractivity contribution >= 4 is 0 Å². The maximum Gasteiger partial charge on any atom is 0.416 e. The Hall–Kier alpha value is -1.48. The predicted molar refractivity (Wildman–Crippen MR) is 59.8 cm³/mol. The monoisotopic (exact) mass is 318 g/mol. The van der Waals surface area contributed by atoms with E-state index in [1.54, 1.807) is 0 Å². The number of benzene rings is 1. The topological polar surface area (TPSA) is 38.7 Å². The average molecular weight is 318 g/mol. The number of aliphatic hydroxyl groups excluding tert-OH is 1. The van der Waals surface area contributed by atoms with E-state index in [0.717, 1.165) is 0 Å². The lowest BCUT2D eigenvalue weighted by atomic mass is 10.1. The number of halogens is 6. The van der Waals surface area contributed by atoms with Gasteiger partial charge in [0.2, 0.25) is 0 Å². The molecule has 0 saturated heterocycles. The quantitative estimate of drug-likeness (QED) is 0.647. The van der Waals surface area contributed by atoms with Gasteiger partial charge in [0.25, 0.3) is 0 Å². The summed E-state index contributed by atoms with van der Waals surface area (Å²) in [5, 5.41) is 8.42. The van der Waals surface area contributed by atoms with Gasteiger partial charge in [-0.2, -0.15) is 26.3 Å². The molecule has 0 atom stereocenters. The first kappa shape index (κ1) is 17.6. The first-order valence-electron chi connectivity index (χ1n) is 5.75. The van der Waals surface area contributed by atoms with Gasteiger partial charge in [-0.05, 0) is 18.2 Å². The molecule has 0 aliphatic rings. The largest absolute Gasteiger partial charge is 0.491 e. The second kappa shape index (κ2) is 6.99. The molecular formula is C12H12F6O3. The van der Waals surface area contributed by atoms with Crippen molar-refractivity contribution in [1.29, 1.82) is 0 Å². The highest BCUT2D eigenvalue weighted by atomic mass is 19.4. The fourth-order valence-electron chi connectivity index (χ4n) is 1.39. The van der Waals surface area contributed by atoms with Crippen LogP contribution in [0.25, 0.3) is 0 Å². The van der Waals surface area contributed by atoms with E-state index in [1.165, 1.54) is 0 Å². The minimum atomic E-state index is -4.91. The Morgan fingerprint density at radius 1 is 0.810 bits per heavy atom. The van der Waals surface area contributed by atoms with Crippen LogP contribution < -0.4 is 4.74 Å². The predicted octanol–water partition coefficient (Wildman–Crippen LogP) is 3.11. The molecule has 0 aliphatic carbocycles. The molecular weight excluding hydrogens is 306 g/mol. The maximum atomic E-state index is 12.5. The molecule has 1 aromatic rings. The molecule has 21 heavy (non-hydrogen) atoms. The molecule has 0 fully saturated rings. The zero-order chi connectivity index (χ0) is 16.1. The van der Waals surface area contributed by atoms with E-state index in [1.807, 2.05) is 0 Å². The number of alkyl halides is 6. The highest BCUT2D eigenvalue weighted by Crippen LogP contribution is 2.38. The minimum absolute atomic E-state index is 0.000246. The van der Waals surface area contributed by atoms with E-state index in [9.17, 15) is 26.3 Å².